The van der Waals surface area contributed by atoms with Crippen molar-refractivity contribution in [1.29, 1.82) is 0 Å². The summed E-state index contributed by atoms with van der Waals surface area (Å²) in [4.78, 5) is 18.4. The van der Waals surface area contributed by atoms with E-state index in [0.29, 0.717) is 19.6 Å². The topological polar surface area (TPSA) is 75.2 Å². The Bertz CT molecular complexity index is 629. The number of rotatable bonds is 4. The normalized spacial score (nSPS) is 17.3. The number of carboxylic acid groups (broad SMARTS) is 1. The Kier molecular flexibility index (Phi) is 2.78. The van der Waals surface area contributed by atoms with Gasteiger partial charge in [0, 0.05) is 11.8 Å². The zero-order valence-corrected chi connectivity index (χ0v) is 10.8. The van der Waals surface area contributed by atoms with Crippen molar-refractivity contribution in [3.05, 3.63) is 29.6 Å². The number of nitrogens with zero attached hydrogens (tertiary/aromatic N) is 1. The third kappa shape index (κ3) is 2.10. The molecule has 1 fully saturated rings. The van der Waals surface area contributed by atoms with E-state index < -0.39 is 5.97 Å². The Balaban J connectivity index is 1.94. The molecule has 2 aromatic rings. The van der Waals surface area contributed by atoms with Gasteiger partial charge in [-0.05, 0) is 31.0 Å². The lowest BCUT2D eigenvalue weighted by atomic mass is 9.75. The highest BCUT2D eigenvalue weighted by Crippen LogP contribution is 2.37. The van der Waals surface area contributed by atoms with Gasteiger partial charge in [0.1, 0.15) is 5.82 Å². The SMILES string of the molecule is Cc1nc2ccc(C3(CCC(=O)O)COC3)cc2[nH]1. The summed E-state index contributed by atoms with van der Waals surface area (Å²) in [5.74, 6) is 0.126. The third-order valence-electron chi connectivity index (χ3n) is 3.79. The molecular weight excluding hydrogens is 244 g/mol. The summed E-state index contributed by atoms with van der Waals surface area (Å²) >= 11 is 0. The van der Waals surface area contributed by atoms with E-state index in [-0.39, 0.29) is 11.8 Å². The van der Waals surface area contributed by atoms with Crippen LogP contribution in [0, 0.1) is 6.92 Å². The molecule has 100 valence electrons. The number of benzene rings is 1. The molecule has 2 heterocycles. The van der Waals surface area contributed by atoms with E-state index in [1.165, 1.54) is 0 Å². The van der Waals surface area contributed by atoms with Gasteiger partial charge >= 0.3 is 5.97 Å². The Morgan fingerprint density at radius 1 is 1.53 bits per heavy atom. The summed E-state index contributed by atoms with van der Waals surface area (Å²) in [6.07, 6.45) is 0.782. The number of carbonyl (C=O) groups is 1. The van der Waals surface area contributed by atoms with Crippen molar-refractivity contribution in [2.75, 3.05) is 13.2 Å². The third-order valence-corrected chi connectivity index (χ3v) is 3.79. The highest BCUT2D eigenvalue weighted by molar-refractivity contribution is 5.76. The van der Waals surface area contributed by atoms with Crippen LogP contribution in [0.25, 0.3) is 11.0 Å². The molecule has 0 saturated carbocycles. The van der Waals surface area contributed by atoms with Gasteiger partial charge in [0.25, 0.3) is 0 Å². The number of aromatic nitrogens is 2. The summed E-state index contributed by atoms with van der Waals surface area (Å²) < 4.78 is 5.32. The van der Waals surface area contributed by atoms with E-state index in [2.05, 4.69) is 16.0 Å². The summed E-state index contributed by atoms with van der Waals surface area (Å²) in [7, 11) is 0. The van der Waals surface area contributed by atoms with E-state index in [1.807, 2.05) is 19.1 Å². The maximum Gasteiger partial charge on any atom is 0.303 e. The monoisotopic (exact) mass is 260 g/mol. The summed E-state index contributed by atoms with van der Waals surface area (Å²) in [5, 5.41) is 8.86. The van der Waals surface area contributed by atoms with Crippen molar-refractivity contribution in [2.24, 2.45) is 0 Å². The molecule has 0 aliphatic carbocycles. The second-order valence-corrected chi connectivity index (χ2v) is 5.22. The average Bonchev–Trinajstić information content (AvgIpc) is 2.66. The fourth-order valence-electron chi connectivity index (χ4n) is 2.62. The lowest BCUT2D eigenvalue weighted by Gasteiger charge is -2.41. The fraction of sp³-hybridized carbons (Fsp3) is 0.429. The maximum absolute atomic E-state index is 10.8. The predicted molar refractivity (Wildman–Crippen MR) is 70.2 cm³/mol. The molecule has 1 aromatic heterocycles. The van der Waals surface area contributed by atoms with Crippen LogP contribution >= 0.6 is 0 Å². The van der Waals surface area contributed by atoms with E-state index in [0.717, 1.165) is 22.4 Å². The van der Waals surface area contributed by atoms with E-state index in [1.54, 1.807) is 0 Å². The molecular formula is C14H16N2O3. The molecule has 19 heavy (non-hydrogen) atoms. The van der Waals surface area contributed by atoms with Gasteiger partial charge in [-0.2, -0.15) is 0 Å². The summed E-state index contributed by atoms with van der Waals surface area (Å²) in [5.41, 5.74) is 2.92. The molecule has 2 N–H and O–H groups in total. The summed E-state index contributed by atoms with van der Waals surface area (Å²) in [6.45, 7) is 3.12. The number of H-pyrrole nitrogens is 1. The number of fused-ring (bicyclic) bond motifs is 1. The van der Waals surface area contributed by atoms with E-state index in [9.17, 15) is 4.79 Å². The minimum absolute atomic E-state index is 0.147. The fourth-order valence-corrected chi connectivity index (χ4v) is 2.62. The van der Waals surface area contributed by atoms with Crippen LogP contribution < -0.4 is 0 Å². The van der Waals surface area contributed by atoms with Crippen molar-refractivity contribution in [3.8, 4) is 0 Å². The number of carboxylic acids is 1. The van der Waals surface area contributed by atoms with Gasteiger partial charge in [-0.25, -0.2) is 4.98 Å². The average molecular weight is 260 g/mol. The molecule has 5 nitrogen and oxygen atoms in total. The largest absolute Gasteiger partial charge is 0.481 e. The number of hydrogen-bond donors (Lipinski definition) is 2. The van der Waals surface area contributed by atoms with Crippen molar-refractivity contribution in [3.63, 3.8) is 0 Å². The van der Waals surface area contributed by atoms with Gasteiger partial charge in [-0.15, -0.1) is 0 Å². The minimum atomic E-state index is -0.760. The van der Waals surface area contributed by atoms with Crippen LogP contribution in [0.2, 0.25) is 0 Å². The molecule has 3 rings (SSSR count). The van der Waals surface area contributed by atoms with Crippen molar-refractivity contribution in [1.82, 2.24) is 9.97 Å². The van der Waals surface area contributed by atoms with Crippen LogP contribution in [0.5, 0.6) is 0 Å². The zero-order valence-electron chi connectivity index (χ0n) is 10.8. The summed E-state index contributed by atoms with van der Waals surface area (Å²) in [6, 6.07) is 6.09. The van der Waals surface area contributed by atoms with E-state index in [4.69, 9.17) is 9.84 Å². The number of aryl methyl sites for hydroxylation is 1. The van der Waals surface area contributed by atoms with Gasteiger partial charge in [0.2, 0.25) is 0 Å². The first kappa shape index (κ1) is 12.2. The van der Waals surface area contributed by atoms with Gasteiger partial charge < -0.3 is 14.8 Å². The molecule has 0 unspecified atom stereocenters. The molecule has 0 atom stereocenters. The molecule has 1 saturated heterocycles. The molecule has 1 aliphatic heterocycles. The molecule has 1 aromatic carbocycles. The molecule has 1 aliphatic rings. The Morgan fingerprint density at radius 2 is 2.32 bits per heavy atom. The number of imidazole rings is 1. The van der Waals surface area contributed by atoms with Gasteiger partial charge in [0.15, 0.2) is 0 Å². The zero-order chi connectivity index (χ0) is 13.5. The second-order valence-electron chi connectivity index (χ2n) is 5.22. The number of aliphatic carboxylic acids is 1. The first-order chi connectivity index (χ1) is 9.09. The first-order valence-electron chi connectivity index (χ1n) is 6.35. The molecule has 0 amide bonds. The molecule has 5 heteroatoms. The molecule has 0 bridgehead atoms. The van der Waals surface area contributed by atoms with Crippen LogP contribution in [0.4, 0.5) is 0 Å². The highest BCUT2D eigenvalue weighted by Gasteiger charge is 2.40. The lowest BCUT2D eigenvalue weighted by Crippen LogP contribution is -2.47. The Morgan fingerprint density at radius 3 is 2.95 bits per heavy atom. The van der Waals surface area contributed by atoms with Crippen molar-refractivity contribution < 1.29 is 14.6 Å². The highest BCUT2D eigenvalue weighted by atomic mass is 16.5. The number of hydrogen-bond acceptors (Lipinski definition) is 3. The van der Waals surface area contributed by atoms with Gasteiger partial charge in [-0.1, -0.05) is 6.07 Å². The maximum atomic E-state index is 10.8. The first-order valence-corrected chi connectivity index (χ1v) is 6.35. The quantitative estimate of drug-likeness (QED) is 0.881. The molecule has 0 spiro atoms. The van der Waals surface area contributed by atoms with Crippen LogP contribution in [-0.2, 0) is 14.9 Å². The van der Waals surface area contributed by atoms with Crippen LogP contribution in [-0.4, -0.2) is 34.3 Å². The van der Waals surface area contributed by atoms with E-state index >= 15 is 0 Å². The standard InChI is InChI=1S/C14H16N2O3/c1-9-15-11-3-2-10(6-12(11)16-9)14(7-19-8-14)5-4-13(17)18/h2-3,6H,4-5,7-8H2,1H3,(H,15,16)(H,17,18). The van der Waals surface area contributed by atoms with Gasteiger partial charge in [0.05, 0.1) is 24.2 Å². The Hall–Kier alpha value is -1.88. The van der Waals surface area contributed by atoms with Crippen LogP contribution in [0.15, 0.2) is 18.2 Å². The van der Waals surface area contributed by atoms with Crippen LogP contribution in [0.1, 0.15) is 24.2 Å². The number of aromatic amines is 1. The lowest BCUT2D eigenvalue weighted by molar-refractivity contribution is -0.139. The van der Waals surface area contributed by atoms with Crippen LogP contribution in [0.3, 0.4) is 0 Å². The number of ether oxygens (including phenoxy) is 1. The van der Waals surface area contributed by atoms with Crippen molar-refractivity contribution in [2.45, 2.75) is 25.2 Å². The number of nitrogens with one attached hydrogen (secondary N) is 1. The second kappa shape index (κ2) is 4.35. The molecule has 0 radical (unpaired) electrons. The van der Waals surface area contributed by atoms with Gasteiger partial charge in [-0.3, -0.25) is 4.79 Å². The minimum Gasteiger partial charge on any atom is -0.481 e. The Labute approximate surface area is 110 Å². The smallest absolute Gasteiger partial charge is 0.303 e. The van der Waals surface area contributed by atoms with Crippen molar-refractivity contribution >= 4 is 17.0 Å². The predicted octanol–water partition coefficient (Wildman–Crippen LogP) is 2.00.